The lowest BCUT2D eigenvalue weighted by molar-refractivity contribution is -0.153. The summed E-state index contributed by atoms with van der Waals surface area (Å²) in [4.78, 5) is 56.2. The predicted octanol–water partition coefficient (Wildman–Crippen LogP) is 1.25. The molecule has 4 rings (SSSR count). The first-order valence-electron chi connectivity index (χ1n) is 10.8. The number of carbonyl (C=O) groups excluding carboxylic acids is 2. The fraction of sp³-hybridized carbons (Fsp3) is 0.375. The number of ketones is 1. The molecule has 0 radical (unpaired) electrons. The van der Waals surface area contributed by atoms with Gasteiger partial charge in [-0.15, -0.1) is 0 Å². The van der Waals surface area contributed by atoms with E-state index in [4.69, 9.17) is 4.74 Å². The van der Waals surface area contributed by atoms with E-state index in [9.17, 15) is 19.2 Å². The van der Waals surface area contributed by atoms with E-state index in [0.29, 0.717) is 0 Å². The number of aryl methyl sites for hydroxylation is 1. The minimum atomic E-state index is -1.02. The molecule has 34 heavy (non-hydrogen) atoms. The predicted molar refractivity (Wildman–Crippen MR) is 127 cm³/mol. The molecule has 0 unspecified atom stereocenters. The summed E-state index contributed by atoms with van der Waals surface area (Å²) in [5, 5.41) is 0. The molecule has 0 aliphatic carbocycles. The van der Waals surface area contributed by atoms with Crippen molar-refractivity contribution in [2.45, 2.75) is 38.8 Å². The average Bonchev–Trinajstić information content (AvgIpc) is 3.29. The molecule has 178 valence electrons. The molecule has 2 aromatic heterocycles. The first-order chi connectivity index (χ1) is 15.9. The highest BCUT2D eigenvalue weighted by Crippen LogP contribution is 2.46. The normalized spacial score (nSPS) is 16.6. The van der Waals surface area contributed by atoms with E-state index in [1.807, 2.05) is 50.1 Å². The van der Waals surface area contributed by atoms with E-state index >= 15 is 0 Å². The fourth-order valence-electron chi connectivity index (χ4n) is 4.46. The van der Waals surface area contributed by atoms with Crippen molar-refractivity contribution >= 4 is 28.6 Å². The van der Waals surface area contributed by atoms with Gasteiger partial charge in [-0.2, -0.15) is 0 Å². The maximum atomic E-state index is 12.9. The van der Waals surface area contributed by atoms with Crippen LogP contribution in [-0.4, -0.2) is 43.6 Å². The molecule has 10 heteroatoms. The van der Waals surface area contributed by atoms with Gasteiger partial charge in [0.25, 0.3) is 5.56 Å². The van der Waals surface area contributed by atoms with Gasteiger partial charge in [0.15, 0.2) is 23.1 Å². The van der Waals surface area contributed by atoms with E-state index in [1.165, 1.54) is 42.6 Å². The van der Waals surface area contributed by atoms with Gasteiger partial charge in [-0.3, -0.25) is 23.5 Å². The maximum Gasteiger partial charge on any atom is 0.332 e. The molecule has 0 spiro atoms. The summed E-state index contributed by atoms with van der Waals surface area (Å²) in [7, 11) is 4.75. The molecule has 3 heterocycles. The Bertz CT molecular complexity index is 1470. The number of hydrogen-bond acceptors (Lipinski definition) is 7. The molecule has 1 aliphatic heterocycles. The summed E-state index contributed by atoms with van der Waals surface area (Å²) in [6.45, 7) is 5.28. The number of imidazole rings is 1. The molecule has 10 nitrogen and oxygen atoms in total. The van der Waals surface area contributed by atoms with E-state index in [0.717, 1.165) is 21.5 Å². The number of rotatable bonds is 5. The Morgan fingerprint density at radius 1 is 1.12 bits per heavy atom. The molecule has 0 amide bonds. The number of para-hydroxylation sites is 1. The molecule has 0 fully saturated rings. The third kappa shape index (κ3) is 3.55. The van der Waals surface area contributed by atoms with Crippen molar-refractivity contribution < 1.29 is 14.3 Å². The van der Waals surface area contributed by atoms with Crippen molar-refractivity contribution in [2.75, 3.05) is 11.9 Å². The molecule has 1 aliphatic rings. The third-order valence-corrected chi connectivity index (χ3v) is 6.44. The lowest BCUT2D eigenvalue weighted by atomic mass is 9.83. The Morgan fingerprint density at radius 3 is 2.47 bits per heavy atom. The Morgan fingerprint density at radius 2 is 1.79 bits per heavy atom. The molecular formula is C24H27N5O5. The number of nitrogens with zero attached hydrogens (tertiary/aromatic N) is 5. The van der Waals surface area contributed by atoms with Crippen LogP contribution in [0.5, 0.6) is 0 Å². The summed E-state index contributed by atoms with van der Waals surface area (Å²) < 4.78 is 8.87. The number of carbonyl (C=O) groups is 2. The zero-order valence-corrected chi connectivity index (χ0v) is 20.0. The average molecular weight is 466 g/mol. The monoisotopic (exact) mass is 465 g/mol. The minimum absolute atomic E-state index is 0.106. The summed E-state index contributed by atoms with van der Waals surface area (Å²) >= 11 is 0. The number of hydrogen-bond donors (Lipinski definition) is 0. The zero-order chi connectivity index (χ0) is 24.9. The summed E-state index contributed by atoms with van der Waals surface area (Å²) in [5.74, 6) is -1.04. The smallest absolute Gasteiger partial charge is 0.332 e. The highest BCUT2D eigenvalue weighted by Gasteiger charge is 2.39. The van der Waals surface area contributed by atoms with Crippen LogP contribution in [0, 0.1) is 0 Å². The van der Waals surface area contributed by atoms with Gasteiger partial charge in [0.1, 0.15) is 6.54 Å². The number of esters is 1. The van der Waals surface area contributed by atoms with Crippen LogP contribution in [-0.2, 0) is 40.4 Å². The van der Waals surface area contributed by atoms with E-state index in [2.05, 4.69) is 4.98 Å². The van der Waals surface area contributed by atoms with Crippen molar-refractivity contribution in [1.82, 2.24) is 18.7 Å². The number of allylic oxidation sites excluding steroid dienone is 1. The van der Waals surface area contributed by atoms with Crippen molar-refractivity contribution in [3.63, 3.8) is 0 Å². The largest absolute Gasteiger partial charge is 0.453 e. The van der Waals surface area contributed by atoms with E-state index in [1.54, 1.807) is 0 Å². The summed E-state index contributed by atoms with van der Waals surface area (Å²) in [6.07, 6.45) is 1.81. The topological polar surface area (TPSA) is 108 Å². The second-order valence-corrected chi connectivity index (χ2v) is 9.02. The number of likely N-dealkylation sites (N-methyl/N-ethyl adjacent to an activating group) is 1. The van der Waals surface area contributed by atoms with Crippen molar-refractivity contribution in [3.05, 3.63) is 68.8 Å². The van der Waals surface area contributed by atoms with Crippen molar-refractivity contribution in [3.8, 4) is 0 Å². The molecule has 0 N–H and O–H groups in total. The van der Waals surface area contributed by atoms with Gasteiger partial charge in [-0.05, 0) is 18.6 Å². The Balaban J connectivity index is 1.53. The molecule has 1 atom stereocenters. The van der Waals surface area contributed by atoms with Crippen LogP contribution >= 0.6 is 0 Å². The molecule has 0 bridgehead atoms. The van der Waals surface area contributed by atoms with Gasteiger partial charge in [-0.1, -0.05) is 32.0 Å². The quantitative estimate of drug-likeness (QED) is 0.412. The highest BCUT2D eigenvalue weighted by molar-refractivity contribution is 5.96. The molecule has 0 saturated heterocycles. The van der Waals surface area contributed by atoms with Gasteiger partial charge in [0.05, 0.1) is 6.33 Å². The van der Waals surface area contributed by atoms with Crippen LogP contribution in [0.25, 0.3) is 11.2 Å². The number of aromatic nitrogens is 4. The van der Waals surface area contributed by atoms with Crippen LogP contribution in [0.1, 0.15) is 26.3 Å². The standard InChI is InChI=1S/C24H27N5O5/c1-14(17(30)11-18-24(2,3)15-9-7-8-10-16(15)26(18)4)34-19(31)12-29-13-25-21-20(29)22(32)28(6)23(33)27(21)5/h7-11,13-14H,12H2,1-6H3/b18-11+/t14-/m1/s1. The molecule has 0 saturated carbocycles. The Labute approximate surface area is 195 Å². The van der Waals surface area contributed by atoms with Crippen LogP contribution in [0.15, 0.2) is 52.0 Å². The van der Waals surface area contributed by atoms with Crippen molar-refractivity contribution in [1.29, 1.82) is 0 Å². The third-order valence-electron chi connectivity index (χ3n) is 6.44. The lowest BCUT2D eigenvalue weighted by Crippen LogP contribution is -2.37. The second-order valence-electron chi connectivity index (χ2n) is 9.02. The zero-order valence-electron chi connectivity index (χ0n) is 20.0. The number of anilines is 1. The summed E-state index contributed by atoms with van der Waals surface area (Å²) in [5.41, 5.74) is 1.77. The first-order valence-corrected chi connectivity index (χ1v) is 10.8. The van der Waals surface area contributed by atoms with E-state index < -0.39 is 23.3 Å². The Hall–Kier alpha value is -3.95. The van der Waals surface area contributed by atoms with Gasteiger partial charge in [0.2, 0.25) is 0 Å². The van der Waals surface area contributed by atoms with Crippen molar-refractivity contribution in [2.24, 2.45) is 14.1 Å². The van der Waals surface area contributed by atoms with Crippen LogP contribution in [0.4, 0.5) is 5.69 Å². The first kappa shape index (κ1) is 23.2. The maximum absolute atomic E-state index is 12.9. The fourth-order valence-corrected chi connectivity index (χ4v) is 4.46. The SMILES string of the molecule is C[C@@H](OC(=O)Cn1cnc2c1c(=O)n(C)c(=O)n2C)C(=O)/C=C1/N(C)c2ccccc2C1(C)C. The summed E-state index contributed by atoms with van der Waals surface area (Å²) in [6, 6.07) is 7.96. The van der Waals surface area contributed by atoms with Gasteiger partial charge in [0, 0.05) is 44.0 Å². The van der Waals surface area contributed by atoms with Crippen LogP contribution in [0.2, 0.25) is 0 Å². The van der Waals surface area contributed by atoms with Gasteiger partial charge < -0.3 is 14.2 Å². The van der Waals surface area contributed by atoms with E-state index in [-0.39, 0.29) is 28.9 Å². The number of benzene rings is 1. The van der Waals surface area contributed by atoms with Gasteiger partial charge in [-0.25, -0.2) is 9.78 Å². The lowest BCUT2D eigenvalue weighted by Gasteiger charge is -2.24. The highest BCUT2D eigenvalue weighted by atomic mass is 16.5. The van der Waals surface area contributed by atoms with Crippen LogP contribution < -0.4 is 16.1 Å². The minimum Gasteiger partial charge on any atom is -0.453 e. The molecular weight excluding hydrogens is 438 g/mol. The number of ether oxygens (including phenoxy) is 1. The van der Waals surface area contributed by atoms with Crippen LogP contribution in [0.3, 0.4) is 0 Å². The van der Waals surface area contributed by atoms with Gasteiger partial charge >= 0.3 is 11.7 Å². The second kappa shape index (κ2) is 8.12. The number of fused-ring (bicyclic) bond motifs is 2. The molecule has 3 aromatic rings. The Kier molecular flexibility index (Phi) is 5.55. The molecule has 1 aromatic carbocycles.